The third-order valence-corrected chi connectivity index (χ3v) is 3.59. The second-order valence-corrected chi connectivity index (χ2v) is 4.61. The fraction of sp³-hybridized carbons (Fsp3) is 0.357. The maximum absolute atomic E-state index is 10.5. The third-order valence-electron chi connectivity index (χ3n) is 3.59. The molecule has 1 aliphatic carbocycles. The van der Waals surface area contributed by atoms with Crippen molar-refractivity contribution in [2.24, 2.45) is 0 Å². The molecular formula is C14H16N2O. The molecular weight excluding hydrogens is 212 g/mol. The van der Waals surface area contributed by atoms with Crippen molar-refractivity contribution >= 4 is 0 Å². The van der Waals surface area contributed by atoms with Gasteiger partial charge in [0.2, 0.25) is 0 Å². The van der Waals surface area contributed by atoms with E-state index in [1.54, 1.807) is 12.5 Å². The Hall–Kier alpha value is -1.61. The zero-order chi connectivity index (χ0) is 11.7. The van der Waals surface area contributed by atoms with Gasteiger partial charge in [0.1, 0.15) is 0 Å². The van der Waals surface area contributed by atoms with Gasteiger partial charge in [-0.15, -0.1) is 0 Å². The molecule has 2 aromatic rings. The van der Waals surface area contributed by atoms with Gasteiger partial charge in [-0.05, 0) is 30.4 Å². The summed E-state index contributed by atoms with van der Waals surface area (Å²) in [5.74, 6) is 0. The fourth-order valence-electron chi connectivity index (χ4n) is 2.69. The molecule has 1 N–H and O–H groups in total. The molecule has 2 atom stereocenters. The minimum atomic E-state index is -0.428. The summed E-state index contributed by atoms with van der Waals surface area (Å²) in [7, 11) is 0. The van der Waals surface area contributed by atoms with Gasteiger partial charge in [0.15, 0.2) is 0 Å². The van der Waals surface area contributed by atoms with Crippen LogP contribution in [-0.2, 0) is 6.42 Å². The van der Waals surface area contributed by atoms with Gasteiger partial charge >= 0.3 is 0 Å². The number of fused-ring (bicyclic) bond motifs is 1. The fourth-order valence-corrected chi connectivity index (χ4v) is 2.69. The van der Waals surface area contributed by atoms with Crippen molar-refractivity contribution in [3.05, 3.63) is 54.1 Å². The number of aromatic nitrogens is 2. The molecule has 0 spiro atoms. The first-order valence-electron chi connectivity index (χ1n) is 6.09. The molecule has 0 radical (unpaired) electrons. The largest absolute Gasteiger partial charge is 0.386 e. The van der Waals surface area contributed by atoms with Crippen LogP contribution in [0.25, 0.3) is 0 Å². The van der Waals surface area contributed by atoms with E-state index in [0.29, 0.717) is 0 Å². The molecule has 1 aliphatic rings. The van der Waals surface area contributed by atoms with Gasteiger partial charge in [-0.25, -0.2) is 4.98 Å². The highest BCUT2D eigenvalue weighted by Gasteiger charge is 2.26. The summed E-state index contributed by atoms with van der Waals surface area (Å²) in [5, 5.41) is 10.5. The van der Waals surface area contributed by atoms with Crippen LogP contribution in [0.15, 0.2) is 43.0 Å². The first-order valence-corrected chi connectivity index (χ1v) is 6.09. The van der Waals surface area contributed by atoms with E-state index in [-0.39, 0.29) is 6.04 Å². The van der Waals surface area contributed by atoms with Crippen LogP contribution in [0.2, 0.25) is 0 Å². The van der Waals surface area contributed by atoms with E-state index in [2.05, 4.69) is 11.1 Å². The monoisotopic (exact) mass is 228 g/mol. The lowest BCUT2D eigenvalue weighted by atomic mass is 9.99. The lowest BCUT2D eigenvalue weighted by Gasteiger charge is -2.23. The van der Waals surface area contributed by atoms with Crippen molar-refractivity contribution < 1.29 is 5.11 Å². The molecule has 0 amide bonds. The highest BCUT2D eigenvalue weighted by atomic mass is 16.3. The molecule has 1 heterocycles. The van der Waals surface area contributed by atoms with Crippen LogP contribution in [0.3, 0.4) is 0 Å². The van der Waals surface area contributed by atoms with Gasteiger partial charge in [0, 0.05) is 12.4 Å². The summed E-state index contributed by atoms with van der Waals surface area (Å²) in [4.78, 5) is 4.07. The van der Waals surface area contributed by atoms with Crippen molar-refractivity contribution in [1.82, 2.24) is 9.55 Å². The minimum absolute atomic E-state index is 0.112. The quantitative estimate of drug-likeness (QED) is 0.761. The van der Waals surface area contributed by atoms with E-state index >= 15 is 0 Å². The van der Waals surface area contributed by atoms with E-state index in [4.69, 9.17) is 0 Å². The van der Waals surface area contributed by atoms with Crippen LogP contribution < -0.4 is 0 Å². The third kappa shape index (κ3) is 1.87. The second kappa shape index (κ2) is 4.34. The zero-order valence-electron chi connectivity index (χ0n) is 9.66. The Morgan fingerprint density at radius 3 is 3.00 bits per heavy atom. The van der Waals surface area contributed by atoms with E-state index in [9.17, 15) is 5.11 Å². The molecule has 3 rings (SSSR count). The molecule has 0 aliphatic heterocycles. The summed E-state index contributed by atoms with van der Waals surface area (Å²) in [6, 6.07) is 8.31. The number of rotatable bonds is 1. The number of benzene rings is 1. The van der Waals surface area contributed by atoms with Crippen LogP contribution in [0.1, 0.15) is 36.1 Å². The van der Waals surface area contributed by atoms with Gasteiger partial charge in [0.05, 0.1) is 18.5 Å². The summed E-state index contributed by atoms with van der Waals surface area (Å²) in [6.45, 7) is 0. The topological polar surface area (TPSA) is 38.0 Å². The van der Waals surface area contributed by atoms with E-state index < -0.39 is 6.10 Å². The van der Waals surface area contributed by atoms with Gasteiger partial charge in [-0.2, -0.15) is 0 Å². The van der Waals surface area contributed by atoms with Gasteiger partial charge in [-0.1, -0.05) is 24.3 Å². The molecule has 1 aromatic heterocycles. The van der Waals surface area contributed by atoms with Gasteiger partial charge < -0.3 is 9.67 Å². The zero-order valence-corrected chi connectivity index (χ0v) is 9.66. The summed E-state index contributed by atoms with van der Waals surface area (Å²) < 4.78 is 2.02. The predicted molar refractivity (Wildman–Crippen MR) is 65.6 cm³/mol. The van der Waals surface area contributed by atoms with Crippen LogP contribution in [0, 0.1) is 0 Å². The highest BCUT2D eigenvalue weighted by molar-refractivity contribution is 5.31. The predicted octanol–water partition coefficient (Wildman–Crippen LogP) is 2.49. The SMILES string of the molecule is OC1c2ccccc2CCCC1n1ccnc1. The number of hydrogen-bond acceptors (Lipinski definition) is 2. The maximum Gasteiger partial charge on any atom is 0.1000 e. The Morgan fingerprint density at radius 2 is 2.18 bits per heavy atom. The molecule has 3 nitrogen and oxygen atoms in total. The number of aliphatic hydroxyl groups is 1. The summed E-state index contributed by atoms with van der Waals surface area (Å²) in [5.41, 5.74) is 2.35. The molecule has 0 fully saturated rings. The average molecular weight is 228 g/mol. The van der Waals surface area contributed by atoms with Gasteiger partial charge in [-0.3, -0.25) is 0 Å². The standard InChI is InChI=1S/C14H16N2O/c17-14-12-6-2-1-4-11(12)5-3-7-13(14)16-9-8-15-10-16/h1-2,4,6,8-10,13-14,17H,3,5,7H2. The van der Waals surface area contributed by atoms with Crippen LogP contribution in [0.5, 0.6) is 0 Å². The van der Waals surface area contributed by atoms with E-state index in [1.807, 2.05) is 29.0 Å². The Balaban J connectivity index is 2.00. The number of imidazole rings is 1. The second-order valence-electron chi connectivity index (χ2n) is 4.61. The summed E-state index contributed by atoms with van der Waals surface area (Å²) >= 11 is 0. The lowest BCUT2D eigenvalue weighted by Crippen LogP contribution is -2.15. The maximum atomic E-state index is 10.5. The van der Waals surface area contributed by atoms with Crippen molar-refractivity contribution in [1.29, 1.82) is 0 Å². The Bertz CT molecular complexity index is 493. The van der Waals surface area contributed by atoms with Crippen LogP contribution >= 0.6 is 0 Å². The first kappa shape index (κ1) is 10.5. The molecule has 88 valence electrons. The molecule has 2 unspecified atom stereocenters. The Labute approximate surface area is 101 Å². The van der Waals surface area contributed by atoms with Crippen molar-refractivity contribution in [3.63, 3.8) is 0 Å². The Morgan fingerprint density at radius 1 is 1.29 bits per heavy atom. The van der Waals surface area contributed by atoms with Crippen LogP contribution in [0.4, 0.5) is 0 Å². The Kier molecular flexibility index (Phi) is 2.69. The molecule has 0 bridgehead atoms. The van der Waals surface area contributed by atoms with Crippen molar-refractivity contribution in [2.45, 2.75) is 31.4 Å². The normalized spacial score (nSPS) is 24.1. The molecule has 1 aromatic carbocycles. The number of hydrogen-bond donors (Lipinski definition) is 1. The van der Waals surface area contributed by atoms with Crippen molar-refractivity contribution in [3.8, 4) is 0 Å². The number of nitrogens with zero attached hydrogens (tertiary/aromatic N) is 2. The number of aliphatic hydroxyl groups excluding tert-OH is 1. The van der Waals surface area contributed by atoms with Crippen molar-refractivity contribution in [2.75, 3.05) is 0 Å². The first-order chi connectivity index (χ1) is 8.36. The van der Waals surface area contributed by atoms with Crippen LogP contribution in [-0.4, -0.2) is 14.7 Å². The number of aryl methyl sites for hydroxylation is 1. The molecule has 3 heteroatoms. The van der Waals surface area contributed by atoms with E-state index in [1.165, 1.54) is 5.56 Å². The van der Waals surface area contributed by atoms with Gasteiger partial charge in [0.25, 0.3) is 0 Å². The summed E-state index contributed by atoms with van der Waals surface area (Å²) in [6.07, 6.45) is 8.22. The molecule has 17 heavy (non-hydrogen) atoms. The minimum Gasteiger partial charge on any atom is -0.386 e. The highest BCUT2D eigenvalue weighted by Crippen LogP contribution is 2.35. The molecule has 0 saturated heterocycles. The van der Waals surface area contributed by atoms with E-state index in [0.717, 1.165) is 24.8 Å². The average Bonchev–Trinajstić information content (AvgIpc) is 2.83. The molecule has 0 saturated carbocycles. The smallest absolute Gasteiger partial charge is 0.1000 e. The lowest BCUT2D eigenvalue weighted by molar-refractivity contribution is 0.110.